The minimum Gasteiger partial charge on any atom is -0.311 e. The zero-order valence-electron chi connectivity index (χ0n) is 11.1. The number of hydrogen-bond donors (Lipinski definition) is 1. The lowest BCUT2D eigenvalue weighted by Crippen LogP contribution is -2.19. The third kappa shape index (κ3) is 3.36. The summed E-state index contributed by atoms with van der Waals surface area (Å²) in [4.78, 5) is 4.36. The Balaban J connectivity index is 1.97. The predicted octanol–water partition coefficient (Wildman–Crippen LogP) is 2.03. The van der Waals surface area contributed by atoms with E-state index >= 15 is 0 Å². The molecule has 0 bridgehead atoms. The van der Waals surface area contributed by atoms with Gasteiger partial charge in [0, 0.05) is 12.7 Å². The molecule has 2 aromatic rings. The lowest BCUT2D eigenvalue weighted by atomic mass is 10.2. The highest BCUT2D eigenvalue weighted by Gasteiger charge is 2.06. The fraction of sp³-hybridized carbons (Fsp3) is 0.583. The molecular formula is C12H19N5S. The second-order valence-electron chi connectivity index (χ2n) is 4.63. The standard InChI is InChI=1S/C12H19N5S/c1-4-11-15-16-12(18-11)17-7-10(14-8-17)6-13-5-9(2)3/h7-9,13H,4-6H2,1-3H3. The summed E-state index contributed by atoms with van der Waals surface area (Å²) >= 11 is 1.61. The third-order valence-electron chi connectivity index (χ3n) is 2.47. The van der Waals surface area contributed by atoms with Crippen LogP contribution in [0.4, 0.5) is 0 Å². The van der Waals surface area contributed by atoms with Crippen LogP contribution in [0.25, 0.3) is 5.13 Å². The van der Waals surface area contributed by atoms with Crippen molar-refractivity contribution in [2.45, 2.75) is 33.7 Å². The average molecular weight is 265 g/mol. The number of nitrogens with one attached hydrogen (secondary N) is 1. The largest absolute Gasteiger partial charge is 0.311 e. The molecule has 0 atom stereocenters. The first-order chi connectivity index (χ1) is 8.69. The van der Waals surface area contributed by atoms with Crippen molar-refractivity contribution in [2.24, 2.45) is 5.92 Å². The van der Waals surface area contributed by atoms with Crippen LogP contribution >= 0.6 is 11.3 Å². The molecule has 0 aliphatic heterocycles. The van der Waals surface area contributed by atoms with Crippen molar-refractivity contribution >= 4 is 11.3 Å². The SMILES string of the molecule is CCc1nnc(-n2cnc(CNCC(C)C)c2)s1. The van der Waals surface area contributed by atoms with E-state index in [0.29, 0.717) is 5.92 Å². The smallest absolute Gasteiger partial charge is 0.217 e. The summed E-state index contributed by atoms with van der Waals surface area (Å²) in [7, 11) is 0. The number of aromatic nitrogens is 4. The molecule has 0 amide bonds. The van der Waals surface area contributed by atoms with Crippen molar-refractivity contribution in [2.75, 3.05) is 6.54 Å². The summed E-state index contributed by atoms with van der Waals surface area (Å²) in [5.74, 6) is 0.655. The fourth-order valence-corrected chi connectivity index (χ4v) is 2.26. The van der Waals surface area contributed by atoms with Gasteiger partial charge in [-0.1, -0.05) is 32.1 Å². The van der Waals surface area contributed by atoms with Crippen LogP contribution in [0.5, 0.6) is 0 Å². The Labute approximate surface area is 111 Å². The summed E-state index contributed by atoms with van der Waals surface area (Å²) in [6.45, 7) is 8.27. The molecule has 5 nitrogen and oxygen atoms in total. The van der Waals surface area contributed by atoms with Gasteiger partial charge in [-0.05, 0) is 18.9 Å². The van der Waals surface area contributed by atoms with E-state index < -0.39 is 0 Å². The third-order valence-corrected chi connectivity index (χ3v) is 3.56. The van der Waals surface area contributed by atoms with Crippen molar-refractivity contribution in [1.82, 2.24) is 25.1 Å². The molecule has 0 aromatic carbocycles. The Hall–Kier alpha value is -1.27. The summed E-state index contributed by atoms with van der Waals surface area (Å²) in [5, 5.41) is 13.6. The van der Waals surface area contributed by atoms with Crippen molar-refractivity contribution in [3.8, 4) is 5.13 Å². The lowest BCUT2D eigenvalue weighted by molar-refractivity contribution is 0.549. The maximum Gasteiger partial charge on any atom is 0.217 e. The maximum atomic E-state index is 4.36. The van der Waals surface area contributed by atoms with Crippen molar-refractivity contribution in [3.63, 3.8) is 0 Å². The Bertz CT molecular complexity index is 488. The van der Waals surface area contributed by atoms with Crippen LogP contribution < -0.4 is 5.32 Å². The van der Waals surface area contributed by atoms with Gasteiger partial charge in [-0.15, -0.1) is 10.2 Å². The van der Waals surface area contributed by atoms with E-state index in [1.54, 1.807) is 17.7 Å². The van der Waals surface area contributed by atoms with Crippen LogP contribution in [0.2, 0.25) is 0 Å². The van der Waals surface area contributed by atoms with Crippen molar-refractivity contribution < 1.29 is 0 Å². The van der Waals surface area contributed by atoms with Crippen molar-refractivity contribution in [3.05, 3.63) is 23.2 Å². The first-order valence-corrected chi connectivity index (χ1v) is 7.07. The first-order valence-electron chi connectivity index (χ1n) is 6.25. The van der Waals surface area contributed by atoms with Crippen LogP contribution in [-0.4, -0.2) is 26.3 Å². The summed E-state index contributed by atoms with van der Waals surface area (Å²) in [6, 6.07) is 0. The van der Waals surface area contributed by atoms with Gasteiger partial charge >= 0.3 is 0 Å². The fourth-order valence-electron chi connectivity index (χ4n) is 1.54. The van der Waals surface area contributed by atoms with E-state index in [4.69, 9.17) is 0 Å². The first kappa shape index (κ1) is 13.2. The Morgan fingerprint density at radius 1 is 1.39 bits per heavy atom. The van der Waals surface area contributed by atoms with Gasteiger partial charge in [-0.3, -0.25) is 4.57 Å². The maximum absolute atomic E-state index is 4.36. The molecule has 2 heterocycles. The monoisotopic (exact) mass is 265 g/mol. The Morgan fingerprint density at radius 2 is 2.22 bits per heavy atom. The minimum absolute atomic E-state index is 0.655. The molecule has 6 heteroatoms. The van der Waals surface area contributed by atoms with Gasteiger partial charge in [-0.25, -0.2) is 4.98 Å². The summed E-state index contributed by atoms with van der Waals surface area (Å²) in [6.07, 6.45) is 4.73. The van der Waals surface area contributed by atoms with Gasteiger partial charge in [-0.2, -0.15) is 0 Å². The molecule has 98 valence electrons. The van der Waals surface area contributed by atoms with E-state index in [2.05, 4.69) is 41.3 Å². The van der Waals surface area contributed by atoms with Gasteiger partial charge in [0.2, 0.25) is 5.13 Å². The molecule has 0 unspecified atom stereocenters. The summed E-state index contributed by atoms with van der Waals surface area (Å²) in [5.41, 5.74) is 1.03. The molecular weight excluding hydrogens is 246 g/mol. The number of hydrogen-bond acceptors (Lipinski definition) is 5. The highest BCUT2D eigenvalue weighted by Crippen LogP contribution is 2.15. The molecule has 2 aromatic heterocycles. The summed E-state index contributed by atoms with van der Waals surface area (Å²) < 4.78 is 1.93. The van der Waals surface area contributed by atoms with Gasteiger partial charge in [0.15, 0.2) is 0 Å². The molecule has 2 rings (SSSR count). The predicted molar refractivity (Wildman–Crippen MR) is 73.0 cm³/mol. The van der Waals surface area contributed by atoms with Gasteiger partial charge < -0.3 is 5.32 Å². The normalized spacial score (nSPS) is 11.3. The van der Waals surface area contributed by atoms with Crippen LogP contribution in [0.1, 0.15) is 31.5 Å². The molecule has 0 aliphatic rings. The van der Waals surface area contributed by atoms with Crippen LogP contribution in [0, 0.1) is 5.92 Å². The van der Waals surface area contributed by atoms with E-state index in [1.165, 1.54) is 0 Å². The quantitative estimate of drug-likeness (QED) is 0.868. The molecule has 0 fully saturated rings. The highest BCUT2D eigenvalue weighted by molar-refractivity contribution is 7.13. The van der Waals surface area contributed by atoms with Gasteiger partial charge in [0.25, 0.3) is 0 Å². The van der Waals surface area contributed by atoms with Crippen LogP contribution in [0.15, 0.2) is 12.5 Å². The number of nitrogens with zero attached hydrogens (tertiary/aromatic N) is 4. The van der Waals surface area contributed by atoms with E-state index in [-0.39, 0.29) is 0 Å². The average Bonchev–Trinajstić information content (AvgIpc) is 2.95. The molecule has 0 saturated carbocycles. The molecule has 18 heavy (non-hydrogen) atoms. The van der Waals surface area contributed by atoms with Crippen LogP contribution in [-0.2, 0) is 13.0 Å². The zero-order valence-corrected chi connectivity index (χ0v) is 11.9. The minimum atomic E-state index is 0.655. The van der Waals surface area contributed by atoms with E-state index in [1.807, 2.05) is 10.8 Å². The molecule has 1 N–H and O–H groups in total. The van der Waals surface area contributed by atoms with Crippen molar-refractivity contribution in [1.29, 1.82) is 0 Å². The lowest BCUT2D eigenvalue weighted by Gasteiger charge is -2.04. The molecule has 0 saturated heterocycles. The second-order valence-corrected chi connectivity index (χ2v) is 5.67. The Morgan fingerprint density at radius 3 is 2.89 bits per heavy atom. The second kappa shape index (κ2) is 6.06. The van der Waals surface area contributed by atoms with Crippen LogP contribution in [0.3, 0.4) is 0 Å². The highest BCUT2D eigenvalue weighted by atomic mass is 32.1. The zero-order chi connectivity index (χ0) is 13.0. The van der Waals surface area contributed by atoms with Gasteiger partial charge in [0.05, 0.1) is 5.69 Å². The number of rotatable bonds is 6. The van der Waals surface area contributed by atoms with E-state index in [0.717, 1.165) is 35.3 Å². The number of imidazole rings is 1. The molecule has 0 radical (unpaired) electrons. The Kier molecular flexibility index (Phi) is 4.43. The topological polar surface area (TPSA) is 55.6 Å². The van der Waals surface area contributed by atoms with Gasteiger partial charge in [0.1, 0.15) is 11.3 Å². The molecule has 0 aliphatic carbocycles. The number of aryl methyl sites for hydroxylation is 1. The van der Waals surface area contributed by atoms with E-state index in [9.17, 15) is 0 Å². The molecule has 0 spiro atoms.